The van der Waals surface area contributed by atoms with Gasteiger partial charge in [-0.3, -0.25) is 0 Å². The molecule has 164 valence electrons. The van der Waals surface area contributed by atoms with Crippen molar-refractivity contribution < 1.29 is 31.8 Å². The smallest absolute Gasteiger partial charge is 0.280 e. The fraction of sp³-hybridized carbons (Fsp3) is 0.190. The Morgan fingerprint density at radius 3 is 2.26 bits per heavy atom. The summed E-state index contributed by atoms with van der Waals surface area (Å²) in [5.41, 5.74) is 0. The van der Waals surface area contributed by atoms with Gasteiger partial charge in [-0.15, -0.1) is 0 Å². The summed E-state index contributed by atoms with van der Waals surface area (Å²) in [4.78, 5) is 2.06. The molecule has 0 bridgehead atoms. The van der Waals surface area contributed by atoms with E-state index in [1.54, 1.807) is 43.5 Å². The molecule has 1 aromatic heterocycles. The molecule has 10 heteroatoms. The highest BCUT2D eigenvalue weighted by atomic mass is 32.2. The Balaban J connectivity index is 1.60. The Labute approximate surface area is 180 Å². The van der Waals surface area contributed by atoms with Gasteiger partial charge in [0, 0.05) is 6.07 Å². The highest BCUT2D eigenvalue weighted by molar-refractivity contribution is 7.89. The summed E-state index contributed by atoms with van der Waals surface area (Å²) < 4.78 is 51.5. The number of furan rings is 1. The maximum absolute atomic E-state index is 12.5. The van der Waals surface area contributed by atoms with Gasteiger partial charge in [0.25, 0.3) is 10.0 Å². The third-order valence-corrected chi connectivity index (χ3v) is 5.41. The number of nitrogens with one attached hydrogen (secondary N) is 1. The van der Waals surface area contributed by atoms with Crippen molar-refractivity contribution in [1.29, 1.82) is 0 Å². The van der Waals surface area contributed by atoms with Crippen LogP contribution in [0, 0.1) is 0 Å². The van der Waals surface area contributed by atoms with Crippen LogP contribution in [0.15, 0.2) is 69.0 Å². The van der Waals surface area contributed by atoms with E-state index in [1.807, 2.05) is 0 Å². The van der Waals surface area contributed by atoms with E-state index < -0.39 is 10.0 Å². The largest absolute Gasteiger partial charge is 0.497 e. The van der Waals surface area contributed by atoms with Crippen molar-refractivity contribution in [2.75, 3.05) is 21.3 Å². The lowest BCUT2D eigenvalue weighted by Gasteiger charge is -2.10. The number of sulfonamides is 1. The van der Waals surface area contributed by atoms with Crippen LogP contribution in [0.5, 0.6) is 23.0 Å². The van der Waals surface area contributed by atoms with Crippen LogP contribution in [0.25, 0.3) is 0 Å². The molecule has 0 saturated carbocycles. The Hall–Kier alpha value is -3.66. The number of rotatable bonds is 10. The van der Waals surface area contributed by atoms with E-state index in [2.05, 4.69) is 9.93 Å². The Morgan fingerprint density at radius 1 is 0.903 bits per heavy atom. The average Bonchev–Trinajstić information content (AvgIpc) is 3.25. The summed E-state index contributed by atoms with van der Waals surface area (Å²) in [5.74, 6) is 2.92. The lowest BCUT2D eigenvalue weighted by Crippen LogP contribution is -2.19. The lowest BCUT2D eigenvalue weighted by atomic mass is 10.3. The molecule has 1 heterocycles. The molecular formula is C21H22N2O7S. The van der Waals surface area contributed by atoms with E-state index in [1.165, 1.54) is 38.6 Å². The van der Waals surface area contributed by atoms with Crippen LogP contribution in [-0.4, -0.2) is 36.0 Å². The third-order valence-electron chi connectivity index (χ3n) is 4.15. The summed E-state index contributed by atoms with van der Waals surface area (Å²) in [5, 5.41) is 3.76. The van der Waals surface area contributed by atoms with E-state index in [0.29, 0.717) is 23.0 Å². The molecule has 0 amide bonds. The van der Waals surface area contributed by atoms with E-state index in [0.717, 1.165) is 5.75 Å². The molecular weight excluding hydrogens is 424 g/mol. The molecule has 1 N–H and O–H groups in total. The Bertz CT molecular complexity index is 1140. The maximum atomic E-state index is 12.5. The van der Waals surface area contributed by atoms with Crippen molar-refractivity contribution in [2.24, 2.45) is 5.10 Å². The fourth-order valence-electron chi connectivity index (χ4n) is 2.57. The summed E-state index contributed by atoms with van der Waals surface area (Å²) in [7, 11) is 0.492. The second-order valence-corrected chi connectivity index (χ2v) is 7.77. The van der Waals surface area contributed by atoms with Crippen LogP contribution in [0.3, 0.4) is 0 Å². The number of benzene rings is 2. The predicted octanol–water partition coefficient (Wildman–Crippen LogP) is 3.20. The molecule has 3 rings (SSSR count). The molecule has 0 spiro atoms. The second-order valence-electron chi connectivity index (χ2n) is 6.14. The molecule has 9 nitrogen and oxygen atoms in total. The molecule has 0 aliphatic carbocycles. The van der Waals surface area contributed by atoms with Gasteiger partial charge >= 0.3 is 0 Å². The molecule has 0 saturated heterocycles. The topological polar surface area (TPSA) is 109 Å². The summed E-state index contributed by atoms with van der Waals surface area (Å²) in [6.45, 7) is 0.203. The van der Waals surface area contributed by atoms with Crippen LogP contribution in [-0.2, 0) is 16.6 Å². The first-order valence-electron chi connectivity index (χ1n) is 9.07. The number of hydrogen-bond donors (Lipinski definition) is 1. The van der Waals surface area contributed by atoms with Crippen molar-refractivity contribution in [3.63, 3.8) is 0 Å². The monoisotopic (exact) mass is 446 g/mol. The molecule has 0 atom stereocenters. The molecule has 2 aromatic carbocycles. The fourth-order valence-corrected chi connectivity index (χ4v) is 3.52. The zero-order valence-electron chi connectivity index (χ0n) is 17.2. The van der Waals surface area contributed by atoms with Gasteiger partial charge in [-0.05, 0) is 48.5 Å². The highest BCUT2D eigenvalue weighted by Gasteiger charge is 2.19. The maximum Gasteiger partial charge on any atom is 0.280 e. The van der Waals surface area contributed by atoms with Crippen LogP contribution in [0.4, 0.5) is 0 Å². The van der Waals surface area contributed by atoms with E-state index in [4.69, 9.17) is 23.4 Å². The van der Waals surface area contributed by atoms with E-state index in [-0.39, 0.29) is 17.3 Å². The van der Waals surface area contributed by atoms with Gasteiger partial charge in [0.15, 0.2) is 0 Å². The molecule has 0 fully saturated rings. The molecule has 0 aliphatic heterocycles. The third kappa shape index (κ3) is 5.70. The lowest BCUT2D eigenvalue weighted by molar-refractivity contribution is 0.269. The predicted molar refractivity (Wildman–Crippen MR) is 113 cm³/mol. The van der Waals surface area contributed by atoms with Crippen molar-refractivity contribution in [1.82, 2.24) is 4.83 Å². The quantitative estimate of drug-likeness (QED) is 0.376. The van der Waals surface area contributed by atoms with Gasteiger partial charge in [0.05, 0.1) is 27.5 Å². The second kappa shape index (κ2) is 9.90. The normalized spacial score (nSPS) is 11.3. The summed E-state index contributed by atoms with van der Waals surface area (Å²) in [6, 6.07) is 14.9. The number of hydrogen-bond acceptors (Lipinski definition) is 8. The number of hydrazone groups is 1. The molecule has 0 unspecified atom stereocenters. The minimum absolute atomic E-state index is 0.0685. The van der Waals surface area contributed by atoms with Gasteiger partial charge in [0.2, 0.25) is 0 Å². The van der Waals surface area contributed by atoms with Crippen molar-refractivity contribution in [3.05, 3.63) is 66.1 Å². The Morgan fingerprint density at radius 2 is 1.58 bits per heavy atom. The molecule has 0 radical (unpaired) electrons. The first-order chi connectivity index (χ1) is 14.9. The average molecular weight is 446 g/mol. The van der Waals surface area contributed by atoms with Gasteiger partial charge in [0.1, 0.15) is 46.0 Å². The van der Waals surface area contributed by atoms with Crippen LogP contribution < -0.4 is 23.8 Å². The first kappa shape index (κ1) is 22.0. The number of methoxy groups -OCH3 is 3. The molecule has 0 aliphatic rings. The van der Waals surface area contributed by atoms with E-state index >= 15 is 0 Å². The van der Waals surface area contributed by atoms with Gasteiger partial charge in [-0.2, -0.15) is 18.4 Å². The van der Waals surface area contributed by atoms with Crippen LogP contribution >= 0.6 is 0 Å². The first-order valence-corrected chi connectivity index (χ1v) is 10.6. The van der Waals surface area contributed by atoms with Gasteiger partial charge < -0.3 is 23.4 Å². The van der Waals surface area contributed by atoms with E-state index in [9.17, 15) is 8.42 Å². The van der Waals surface area contributed by atoms with Crippen molar-refractivity contribution >= 4 is 16.2 Å². The highest BCUT2D eigenvalue weighted by Crippen LogP contribution is 2.28. The minimum atomic E-state index is -3.95. The summed E-state index contributed by atoms with van der Waals surface area (Å²) >= 11 is 0. The molecule has 31 heavy (non-hydrogen) atoms. The zero-order chi connectivity index (χ0) is 22.3. The number of ether oxygens (including phenoxy) is 4. The Kier molecular flexibility index (Phi) is 7.03. The van der Waals surface area contributed by atoms with Crippen LogP contribution in [0.2, 0.25) is 0 Å². The van der Waals surface area contributed by atoms with Crippen molar-refractivity contribution in [3.8, 4) is 23.0 Å². The number of nitrogens with zero attached hydrogens (tertiary/aromatic N) is 1. The minimum Gasteiger partial charge on any atom is -0.497 e. The van der Waals surface area contributed by atoms with Gasteiger partial charge in [-0.25, -0.2) is 0 Å². The molecule has 3 aromatic rings. The van der Waals surface area contributed by atoms with Crippen molar-refractivity contribution in [2.45, 2.75) is 11.5 Å². The van der Waals surface area contributed by atoms with Crippen LogP contribution in [0.1, 0.15) is 11.5 Å². The SMILES string of the molecule is COc1ccc(OCc2ccc(/C=N\NS(=O)(=O)c3ccc(OC)cc3OC)o2)cc1. The standard InChI is InChI=1S/C21H22N2O7S/c1-26-15-4-6-16(7-5-15)29-14-19-9-8-18(30-19)13-22-23-31(24,25)21-11-10-17(27-2)12-20(21)28-3/h4-13,23H,14H2,1-3H3/b22-13-. The zero-order valence-corrected chi connectivity index (χ0v) is 18.0. The summed E-state index contributed by atoms with van der Waals surface area (Å²) in [6.07, 6.45) is 1.25. The van der Waals surface area contributed by atoms with Gasteiger partial charge in [-0.1, -0.05) is 0 Å².